The molecule has 3 nitrogen and oxygen atoms in total. The van der Waals surface area contributed by atoms with Crippen LogP contribution in [0.25, 0.3) is 0 Å². The Morgan fingerprint density at radius 1 is 1.26 bits per heavy atom. The van der Waals surface area contributed by atoms with Crippen molar-refractivity contribution in [2.75, 3.05) is 6.61 Å². The fourth-order valence-electron chi connectivity index (χ4n) is 1.05. The second-order valence-electron chi connectivity index (χ2n) is 3.42. The molecule has 0 spiro atoms. The van der Waals surface area contributed by atoms with Gasteiger partial charge in [-0.15, -0.1) is 0 Å². The highest BCUT2D eigenvalue weighted by Gasteiger charge is 2.42. The van der Waals surface area contributed by atoms with Gasteiger partial charge in [-0.25, -0.2) is 22.4 Å². The Labute approximate surface area is 102 Å². The minimum atomic E-state index is -4.58. The lowest BCUT2D eigenvalue weighted by Gasteiger charge is -2.16. The standard InChI is InChI=1S/C10H6F6O3/c11-5-1-4(8(17)18)2-6(12)7(5)19-3-10(15,16)9(13)14/h1-2,9H,3H2,(H,17,18). The van der Waals surface area contributed by atoms with E-state index in [9.17, 15) is 31.1 Å². The van der Waals surface area contributed by atoms with Gasteiger partial charge in [-0.1, -0.05) is 0 Å². The van der Waals surface area contributed by atoms with E-state index in [2.05, 4.69) is 4.74 Å². The van der Waals surface area contributed by atoms with Gasteiger partial charge in [0.2, 0.25) is 0 Å². The van der Waals surface area contributed by atoms with E-state index in [1.165, 1.54) is 0 Å². The first kappa shape index (κ1) is 15.1. The second kappa shape index (κ2) is 5.37. The predicted molar refractivity (Wildman–Crippen MR) is 49.8 cm³/mol. The maximum Gasteiger partial charge on any atom is 0.340 e. The highest BCUT2D eigenvalue weighted by Crippen LogP contribution is 2.28. The first-order valence-electron chi connectivity index (χ1n) is 4.66. The number of carbonyl (C=O) groups is 1. The third-order valence-corrected chi connectivity index (χ3v) is 1.97. The van der Waals surface area contributed by atoms with E-state index in [-0.39, 0.29) is 0 Å². The average molecular weight is 288 g/mol. The molecule has 0 aliphatic rings. The Morgan fingerprint density at radius 2 is 1.74 bits per heavy atom. The largest absolute Gasteiger partial charge is 0.481 e. The Kier molecular flexibility index (Phi) is 4.28. The summed E-state index contributed by atoms with van der Waals surface area (Å²) in [5, 5.41) is 8.46. The SMILES string of the molecule is O=C(O)c1cc(F)c(OCC(F)(F)C(F)F)c(F)c1. The van der Waals surface area contributed by atoms with Crippen LogP contribution in [0.1, 0.15) is 10.4 Å². The van der Waals surface area contributed by atoms with Crippen molar-refractivity contribution in [3.63, 3.8) is 0 Å². The van der Waals surface area contributed by atoms with Gasteiger partial charge in [0.1, 0.15) is 0 Å². The van der Waals surface area contributed by atoms with Crippen LogP contribution in [-0.4, -0.2) is 30.0 Å². The molecule has 1 rings (SSSR count). The van der Waals surface area contributed by atoms with E-state index in [1.807, 2.05) is 0 Å². The van der Waals surface area contributed by atoms with Gasteiger partial charge in [-0.2, -0.15) is 8.78 Å². The quantitative estimate of drug-likeness (QED) is 0.847. The Morgan fingerprint density at radius 3 is 2.11 bits per heavy atom. The summed E-state index contributed by atoms with van der Waals surface area (Å²) in [6.07, 6.45) is -4.06. The average Bonchev–Trinajstić information content (AvgIpc) is 2.27. The van der Waals surface area contributed by atoms with Crippen LogP contribution in [0, 0.1) is 11.6 Å². The molecule has 0 amide bonds. The van der Waals surface area contributed by atoms with Crippen LogP contribution in [0.5, 0.6) is 5.75 Å². The minimum Gasteiger partial charge on any atom is -0.481 e. The van der Waals surface area contributed by atoms with Crippen LogP contribution in [-0.2, 0) is 0 Å². The van der Waals surface area contributed by atoms with Gasteiger partial charge in [0.05, 0.1) is 5.56 Å². The molecule has 9 heteroatoms. The number of benzene rings is 1. The zero-order valence-corrected chi connectivity index (χ0v) is 8.97. The first-order chi connectivity index (χ1) is 8.65. The monoisotopic (exact) mass is 288 g/mol. The molecule has 0 atom stereocenters. The van der Waals surface area contributed by atoms with Crippen molar-refractivity contribution >= 4 is 5.97 Å². The van der Waals surface area contributed by atoms with Crippen LogP contribution >= 0.6 is 0 Å². The molecule has 106 valence electrons. The Bertz CT molecular complexity index is 465. The van der Waals surface area contributed by atoms with Crippen molar-refractivity contribution in [1.29, 1.82) is 0 Å². The number of hydrogen-bond donors (Lipinski definition) is 1. The lowest BCUT2D eigenvalue weighted by Crippen LogP contribution is -2.34. The lowest BCUT2D eigenvalue weighted by molar-refractivity contribution is -0.148. The summed E-state index contributed by atoms with van der Waals surface area (Å²) >= 11 is 0. The fourth-order valence-corrected chi connectivity index (χ4v) is 1.05. The van der Waals surface area contributed by atoms with E-state index in [4.69, 9.17) is 5.11 Å². The molecule has 0 heterocycles. The van der Waals surface area contributed by atoms with Gasteiger partial charge >= 0.3 is 18.3 Å². The molecular formula is C10H6F6O3. The van der Waals surface area contributed by atoms with E-state index < -0.39 is 47.9 Å². The topological polar surface area (TPSA) is 46.5 Å². The third-order valence-electron chi connectivity index (χ3n) is 1.97. The second-order valence-corrected chi connectivity index (χ2v) is 3.42. The number of alkyl halides is 4. The molecule has 0 aliphatic heterocycles. The van der Waals surface area contributed by atoms with Crippen molar-refractivity contribution in [3.8, 4) is 5.75 Å². The number of carboxylic acids is 1. The van der Waals surface area contributed by atoms with Crippen molar-refractivity contribution in [2.45, 2.75) is 12.3 Å². The van der Waals surface area contributed by atoms with Crippen LogP contribution in [0.15, 0.2) is 12.1 Å². The van der Waals surface area contributed by atoms with Crippen molar-refractivity contribution in [2.24, 2.45) is 0 Å². The Hall–Kier alpha value is -1.93. The van der Waals surface area contributed by atoms with Crippen LogP contribution in [0.3, 0.4) is 0 Å². The molecule has 0 unspecified atom stereocenters. The van der Waals surface area contributed by atoms with Gasteiger partial charge in [0.25, 0.3) is 0 Å². The third kappa shape index (κ3) is 3.52. The zero-order chi connectivity index (χ0) is 14.8. The summed E-state index contributed by atoms with van der Waals surface area (Å²) in [6.45, 7) is -1.94. The highest BCUT2D eigenvalue weighted by atomic mass is 19.3. The van der Waals surface area contributed by atoms with Gasteiger partial charge in [-0.05, 0) is 12.1 Å². The summed E-state index contributed by atoms with van der Waals surface area (Å²) in [4.78, 5) is 10.4. The summed E-state index contributed by atoms with van der Waals surface area (Å²) in [5.41, 5.74) is -0.775. The molecule has 0 radical (unpaired) electrons. The van der Waals surface area contributed by atoms with Gasteiger partial charge < -0.3 is 9.84 Å². The highest BCUT2D eigenvalue weighted by molar-refractivity contribution is 5.87. The van der Waals surface area contributed by atoms with E-state index in [0.717, 1.165) is 0 Å². The summed E-state index contributed by atoms with van der Waals surface area (Å²) in [7, 11) is 0. The van der Waals surface area contributed by atoms with E-state index >= 15 is 0 Å². The van der Waals surface area contributed by atoms with Crippen LogP contribution in [0.2, 0.25) is 0 Å². The van der Waals surface area contributed by atoms with Gasteiger partial charge in [-0.3, -0.25) is 0 Å². The van der Waals surface area contributed by atoms with Gasteiger partial charge in [0, 0.05) is 0 Å². The van der Waals surface area contributed by atoms with Crippen LogP contribution in [0.4, 0.5) is 26.3 Å². The molecule has 0 saturated carbocycles. The van der Waals surface area contributed by atoms with Crippen molar-refractivity contribution < 1.29 is 41.0 Å². The molecule has 0 fully saturated rings. The number of carboxylic acid groups (broad SMARTS) is 1. The maximum absolute atomic E-state index is 13.2. The van der Waals surface area contributed by atoms with Crippen LogP contribution < -0.4 is 4.74 Å². The summed E-state index contributed by atoms with van der Waals surface area (Å²) in [5.74, 6) is -10.7. The first-order valence-corrected chi connectivity index (χ1v) is 4.66. The molecule has 0 aliphatic carbocycles. The molecule has 1 N–H and O–H groups in total. The number of aromatic carboxylic acids is 1. The number of halogens is 6. The zero-order valence-electron chi connectivity index (χ0n) is 8.97. The molecule has 0 saturated heterocycles. The number of rotatable bonds is 5. The lowest BCUT2D eigenvalue weighted by atomic mass is 10.2. The summed E-state index contributed by atoms with van der Waals surface area (Å²) < 4.78 is 78.9. The summed E-state index contributed by atoms with van der Waals surface area (Å²) in [6, 6.07) is 0.641. The van der Waals surface area contributed by atoms with Gasteiger partial charge in [0.15, 0.2) is 24.0 Å². The van der Waals surface area contributed by atoms with E-state index in [1.54, 1.807) is 0 Å². The van der Waals surface area contributed by atoms with E-state index in [0.29, 0.717) is 12.1 Å². The molecular weight excluding hydrogens is 282 g/mol. The molecule has 1 aromatic carbocycles. The van der Waals surface area contributed by atoms with Crippen molar-refractivity contribution in [1.82, 2.24) is 0 Å². The Balaban J connectivity index is 2.94. The molecule has 1 aromatic rings. The number of hydrogen-bond acceptors (Lipinski definition) is 2. The van der Waals surface area contributed by atoms with Crippen molar-refractivity contribution in [3.05, 3.63) is 29.3 Å². The predicted octanol–water partition coefficient (Wildman–Crippen LogP) is 2.94. The normalized spacial score (nSPS) is 11.7. The fraction of sp³-hybridized carbons (Fsp3) is 0.300. The molecule has 0 bridgehead atoms. The number of ether oxygens (including phenoxy) is 1. The molecule has 0 aromatic heterocycles. The minimum absolute atomic E-state index is 0.321. The molecule has 19 heavy (non-hydrogen) atoms. The smallest absolute Gasteiger partial charge is 0.340 e. The maximum atomic E-state index is 13.2.